The number of amides is 1. The second-order valence-electron chi connectivity index (χ2n) is 3.99. The molecule has 1 aliphatic rings. The van der Waals surface area contributed by atoms with Crippen molar-refractivity contribution in [3.63, 3.8) is 0 Å². The molecule has 2 heteroatoms. The topological polar surface area (TPSA) is 20.3 Å². The second kappa shape index (κ2) is 3.45. The molecule has 1 saturated heterocycles. The lowest BCUT2D eigenvalue weighted by atomic mass is 10.2. The Hall–Kier alpha value is -1.31. The maximum atomic E-state index is 11.6. The molecule has 0 N–H and O–H groups in total. The number of hydrogen-bond acceptors (Lipinski definition) is 1. The number of benzene rings is 1. The van der Waals surface area contributed by atoms with Crippen LogP contribution in [0.4, 0.5) is 5.69 Å². The van der Waals surface area contributed by atoms with E-state index in [1.165, 1.54) is 5.56 Å². The van der Waals surface area contributed by atoms with Crippen molar-refractivity contribution in [1.82, 2.24) is 0 Å². The van der Waals surface area contributed by atoms with Crippen LogP contribution < -0.4 is 4.90 Å². The zero-order valence-electron chi connectivity index (χ0n) is 8.66. The maximum absolute atomic E-state index is 11.6. The minimum atomic E-state index is 0.253. The van der Waals surface area contributed by atoms with E-state index in [4.69, 9.17) is 0 Å². The fourth-order valence-electron chi connectivity index (χ4n) is 2.00. The predicted octanol–water partition coefficient (Wildman–Crippen LogP) is 2.51. The number of nitrogens with zero attached hydrogens (tertiary/aromatic N) is 1. The molecule has 2 nitrogen and oxygen atoms in total. The summed E-state index contributed by atoms with van der Waals surface area (Å²) in [6.07, 6.45) is 1.67. The quantitative estimate of drug-likeness (QED) is 0.664. The van der Waals surface area contributed by atoms with E-state index in [1.54, 1.807) is 0 Å². The Kier molecular flexibility index (Phi) is 2.28. The first-order valence-corrected chi connectivity index (χ1v) is 5.07. The average Bonchev–Trinajstić information content (AvgIpc) is 2.46. The highest BCUT2D eigenvalue weighted by atomic mass is 16.2. The van der Waals surface area contributed by atoms with Crippen LogP contribution in [0.2, 0.25) is 0 Å². The molecule has 0 saturated carbocycles. The van der Waals surface area contributed by atoms with Crippen molar-refractivity contribution in [2.45, 2.75) is 32.7 Å². The van der Waals surface area contributed by atoms with Crippen molar-refractivity contribution >= 4 is 11.6 Å². The second-order valence-corrected chi connectivity index (χ2v) is 3.99. The van der Waals surface area contributed by atoms with Crippen LogP contribution in [0.15, 0.2) is 24.3 Å². The van der Waals surface area contributed by atoms with Gasteiger partial charge in [0.1, 0.15) is 0 Å². The van der Waals surface area contributed by atoms with Crippen LogP contribution in [0, 0.1) is 6.92 Å². The largest absolute Gasteiger partial charge is 0.310 e. The Bertz CT molecular complexity index is 359. The monoisotopic (exact) mass is 189 g/mol. The summed E-state index contributed by atoms with van der Waals surface area (Å²) in [6.45, 7) is 4.15. The number of anilines is 1. The first kappa shape index (κ1) is 9.25. The molecular weight excluding hydrogens is 174 g/mol. The van der Waals surface area contributed by atoms with Gasteiger partial charge in [0.2, 0.25) is 5.91 Å². The van der Waals surface area contributed by atoms with Gasteiger partial charge in [-0.1, -0.05) is 12.1 Å². The highest BCUT2D eigenvalue weighted by Gasteiger charge is 2.28. The Labute approximate surface area is 84.5 Å². The summed E-state index contributed by atoms with van der Waals surface area (Å²) >= 11 is 0. The van der Waals surface area contributed by atoms with Gasteiger partial charge in [0.25, 0.3) is 0 Å². The lowest BCUT2D eigenvalue weighted by molar-refractivity contribution is -0.117. The maximum Gasteiger partial charge on any atom is 0.227 e. The van der Waals surface area contributed by atoms with Gasteiger partial charge in [0.15, 0.2) is 0 Å². The fourth-order valence-corrected chi connectivity index (χ4v) is 2.00. The van der Waals surface area contributed by atoms with E-state index in [0.717, 1.165) is 12.1 Å². The van der Waals surface area contributed by atoms with E-state index in [9.17, 15) is 4.79 Å². The summed E-state index contributed by atoms with van der Waals surface area (Å²) in [5.41, 5.74) is 2.24. The molecule has 0 bridgehead atoms. The van der Waals surface area contributed by atoms with Gasteiger partial charge in [-0.2, -0.15) is 0 Å². The molecule has 2 rings (SSSR count). The molecule has 14 heavy (non-hydrogen) atoms. The molecule has 1 aliphatic heterocycles. The number of hydrogen-bond donors (Lipinski definition) is 0. The standard InChI is InChI=1S/C12H15NO/c1-9-4-3-5-11(8-9)13-10(2)6-7-12(13)14/h3-5,8,10H,6-7H2,1-2H3. The van der Waals surface area contributed by atoms with Crippen molar-refractivity contribution < 1.29 is 4.79 Å². The number of aryl methyl sites for hydroxylation is 1. The number of rotatable bonds is 1. The van der Waals surface area contributed by atoms with Crippen molar-refractivity contribution in [1.29, 1.82) is 0 Å². The van der Waals surface area contributed by atoms with Gasteiger partial charge in [0.05, 0.1) is 0 Å². The molecule has 0 spiro atoms. The predicted molar refractivity (Wildman–Crippen MR) is 57.4 cm³/mol. The number of carbonyl (C=O) groups is 1. The summed E-state index contributed by atoms with van der Waals surface area (Å²) in [4.78, 5) is 13.5. The highest BCUT2D eigenvalue weighted by molar-refractivity contribution is 5.96. The number of carbonyl (C=O) groups excluding carboxylic acids is 1. The van der Waals surface area contributed by atoms with Crippen LogP contribution in [-0.2, 0) is 4.79 Å². The summed E-state index contributed by atoms with van der Waals surface area (Å²) in [7, 11) is 0. The van der Waals surface area contributed by atoms with Gasteiger partial charge in [-0.15, -0.1) is 0 Å². The first-order chi connectivity index (χ1) is 6.68. The molecule has 1 amide bonds. The van der Waals surface area contributed by atoms with Gasteiger partial charge < -0.3 is 4.90 Å². The van der Waals surface area contributed by atoms with Crippen molar-refractivity contribution in [2.24, 2.45) is 0 Å². The smallest absolute Gasteiger partial charge is 0.227 e. The Morgan fingerprint density at radius 2 is 2.21 bits per heavy atom. The summed E-state index contributed by atoms with van der Waals surface area (Å²) in [5.74, 6) is 0.253. The molecule has 0 aromatic heterocycles. The minimum Gasteiger partial charge on any atom is -0.310 e. The van der Waals surface area contributed by atoms with E-state index < -0.39 is 0 Å². The van der Waals surface area contributed by atoms with Crippen molar-refractivity contribution in [2.75, 3.05) is 4.90 Å². The molecule has 1 atom stereocenters. The van der Waals surface area contributed by atoms with E-state index in [0.29, 0.717) is 12.5 Å². The fraction of sp³-hybridized carbons (Fsp3) is 0.417. The molecular formula is C12H15NO. The molecule has 1 aromatic carbocycles. The molecule has 1 fully saturated rings. The van der Waals surface area contributed by atoms with Crippen LogP contribution in [-0.4, -0.2) is 11.9 Å². The lowest BCUT2D eigenvalue weighted by Gasteiger charge is -2.21. The highest BCUT2D eigenvalue weighted by Crippen LogP contribution is 2.26. The molecule has 1 aromatic rings. The summed E-state index contributed by atoms with van der Waals surface area (Å²) in [5, 5.41) is 0. The van der Waals surface area contributed by atoms with E-state index in [-0.39, 0.29) is 5.91 Å². The lowest BCUT2D eigenvalue weighted by Crippen LogP contribution is -2.30. The molecule has 1 unspecified atom stereocenters. The molecule has 74 valence electrons. The Morgan fingerprint density at radius 3 is 2.79 bits per heavy atom. The third-order valence-electron chi connectivity index (χ3n) is 2.77. The van der Waals surface area contributed by atoms with Crippen LogP contribution in [0.5, 0.6) is 0 Å². The van der Waals surface area contributed by atoms with E-state index >= 15 is 0 Å². The normalized spacial score (nSPS) is 21.7. The van der Waals surface area contributed by atoms with Crippen LogP contribution >= 0.6 is 0 Å². The molecule has 0 radical (unpaired) electrons. The van der Waals surface area contributed by atoms with Crippen LogP contribution in [0.1, 0.15) is 25.3 Å². The third kappa shape index (κ3) is 1.52. The third-order valence-corrected chi connectivity index (χ3v) is 2.77. The van der Waals surface area contributed by atoms with Crippen LogP contribution in [0.3, 0.4) is 0 Å². The van der Waals surface area contributed by atoms with E-state index in [2.05, 4.69) is 26.0 Å². The Balaban J connectivity index is 2.34. The van der Waals surface area contributed by atoms with Crippen LogP contribution in [0.25, 0.3) is 0 Å². The van der Waals surface area contributed by atoms with Gasteiger partial charge in [-0.25, -0.2) is 0 Å². The zero-order chi connectivity index (χ0) is 10.1. The van der Waals surface area contributed by atoms with Gasteiger partial charge in [-0.3, -0.25) is 4.79 Å². The Morgan fingerprint density at radius 1 is 1.43 bits per heavy atom. The minimum absolute atomic E-state index is 0.253. The molecule has 0 aliphatic carbocycles. The van der Waals surface area contributed by atoms with Crippen molar-refractivity contribution in [3.05, 3.63) is 29.8 Å². The molecule has 1 heterocycles. The average molecular weight is 189 g/mol. The summed E-state index contributed by atoms with van der Waals surface area (Å²) in [6, 6.07) is 8.48. The van der Waals surface area contributed by atoms with Gasteiger partial charge in [0, 0.05) is 18.2 Å². The van der Waals surface area contributed by atoms with Crippen molar-refractivity contribution in [3.8, 4) is 0 Å². The van der Waals surface area contributed by atoms with Gasteiger partial charge >= 0.3 is 0 Å². The van der Waals surface area contributed by atoms with E-state index in [1.807, 2.05) is 17.0 Å². The zero-order valence-corrected chi connectivity index (χ0v) is 8.66. The first-order valence-electron chi connectivity index (χ1n) is 5.07. The SMILES string of the molecule is Cc1cccc(N2C(=O)CCC2C)c1. The summed E-state index contributed by atoms with van der Waals surface area (Å²) < 4.78 is 0. The van der Waals surface area contributed by atoms with Gasteiger partial charge in [-0.05, 0) is 38.0 Å².